The number of methoxy groups -OCH3 is 2. The van der Waals surface area contributed by atoms with Gasteiger partial charge in [-0.25, -0.2) is 28.3 Å². The van der Waals surface area contributed by atoms with Gasteiger partial charge in [-0.2, -0.15) is 79.0 Å². The average Bonchev–Trinajstić information content (AvgIpc) is 1.58. The zero-order valence-corrected chi connectivity index (χ0v) is 62.5. The summed E-state index contributed by atoms with van der Waals surface area (Å²) in [6, 6.07) is 20.0. The van der Waals surface area contributed by atoms with Crippen molar-refractivity contribution in [3.63, 3.8) is 0 Å². The quantitative estimate of drug-likeness (QED) is 0.0170. The second-order valence-electron chi connectivity index (χ2n) is 26.4. The van der Waals surface area contributed by atoms with Crippen molar-refractivity contribution in [2.75, 3.05) is 66.6 Å². The number of rotatable bonds is 23. The van der Waals surface area contributed by atoms with Gasteiger partial charge in [0.15, 0.2) is 37.9 Å². The first-order valence-corrected chi connectivity index (χ1v) is 35.3. The summed E-state index contributed by atoms with van der Waals surface area (Å²) in [5, 5.41) is 61.4. The van der Waals surface area contributed by atoms with Crippen LogP contribution in [0.15, 0.2) is 85.5 Å². The maximum Gasteiger partial charge on any atom is 0.490 e. The normalized spacial score (nSPS) is 14.4. The average molecular weight is 1720 g/mol. The van der Waals surface area contributed by atoms with Crippen molar-refractivity contribution in [2.24, 2.45) is 34.8 Å². The number of pyridine rings is 2. The van der Waals surface area contributed by atoms with Crippen LogP contribution in [0.5, 0.6) is 11.5 Å². The van der Waals surface area contributed by atoms with Crippen LogP contribution < -0.4 is 62.4 Å². The van der Waals surface area contributed by atoms with Crippen LogP contribution in [0.1, 0.15) is 75.3 Å². The van der Waals surface area contributed by atoms with Gasteiger partial charge in [0.1, 0.15) is 23.4 Å². The van der Waals surface area contributed by atoms with E-state index in [1.165, 1.54) is 36.5 Å². The highest BCUT2D eigenvalue weighted by atomic mass is 19.4. The third kappa shape index (κ3) is 31.2. The van der Waals surface area contributed by atoms with Crippen LogP contribution in [0, 0.1) is 11.8 Å². The fraction of sp³-hybridized carbons (Fsp3) is 0.472. The van der Waals surface area contributed by atoms with E-state index in [0.29, 0.717) is 39.0 Å². The van der Waals surface area contributed by atoms with E-state index in [0.717, 1.165) is 167 Å². The lowest BCUT2D eigenvalue weighted by Gasteiger charge is -2.39. The minimum absolute atomic E-state index is 0.141. The third-order valence-corrected chi connectivity index (χ3v) is 18.2. The molecule has 10 rings (SSSR count). The topological polar surface area (TPSA) is 456 Å². The van der Waals surface area contributed by atoms with Gasteiger partial charge in [0, 0.05) is 57.8 Å². The number of carbonyl (C=O) groups excluding carboxylic acids is 4. The molecule has 2 amide bonds. The highest BCUT2D eigenvalue weighted by Crippen LogP contribution is 2.39. The summed E-state index contributed by atoms with van der Waals surface area (Å²) in [5.74, 6) is -14.1. The van der Waals surface area contributed by atoms with Crippen molar-refractivity contribution in [1.29, 1.82) is 0 Å². The van der Waals surface area contributed by atoms with Gasteiger partial charge in [-0.15, -0.1) is 0 Å². The fourth-order valence-corrected chi connectivity index (χ4v) is 12.2. The minimum Gasteiger partial charge on any atom is -0.542 e. The number of benzene rings is 4. The van der Waals surface area contributed by atoms with Crippen LogP contribution in [0.2, 0.25) is 0 Å². The monoisotopic (exact) mass is 1710 g/mol. The number of amides is 2. The molecule has 2 saturated heterocycles. The fourth-order valence-electron chi connectivity index (χ4n) is 12.2. The van der Waals surface area contributed by atoms with Crippen LogP contribution in [0.25, 0.3) is 65.2 Å². The Bertz CT molecular complexity index is 4310. The molecule has 46 heteroatoms. The number of aromatic amines is 2. The van der Waals surface area contributed by atoms with Gasteiger partial charge in [-0.1, -0.05) is 12.8 Å². The predicted molar refractivity (Wildman–Crippen MR) is 381 cm³/mol. The Labute approximate surface area is 656 Å². The summed E-state index contributed by atoms with van der Waals surface area (Å²) >= 11 is 0. The van der Waals surface area contributed by atoms with Crippen LogP contribution in [-0.2, 0) is 64.5 Å². The molecule has 2 unspecified atom stereocenters. The number of carbonyl (C=O) groups is 8. The highest BCUT2D eigenvalue weighted by molar-refractivity contribution is 6.22. The van der Waals surface area contributed by atoms with Gasteiger partial charge in [0.25, 0.3) is 0 Å². The Morgan fingerprint density at radius 3 is 1.02 bits per heavy atom. The number of aromatic nitrogens is 4. The number of nitrogens with zero attached hydrogens (tertiary/aromatic N) is 4. The number of nitrogens with one attached hydrogen (secondary N) is 4. The van der Waals surface area contributed by atoms with E-state index in [1.54, 1.807) is 14.2 Å². The maximum atomic E-state index is 13.0. The van der Waals surface area contributed by atoms with E-state index in [1.807, 2.05) is 12.1 Å². The molecule has 0 aliphatic carbocycles. The zero-order chi connectivity index (χ0) is 89.2. The van der Waals surface area contributed by atoms with E-state index in [4.69, 9.17) is 91.8 Å². The number of hydrogen-bond donors (Lipinski definition) is 12. The van der Waals surface area contributed by atoms with E-state index in [2.05, 4.69) is 113 Å². The standard InChI is InChI=1S/C60H78N12O4.6C2HF3O2/c1-75-45-9-11-53-47(33-45)55-49-37-71(25-17-41(49)31-43(57(55)67-53)35-65-59(73)51(63)7-3-5-19-61)29-27-69-21-13-39(14-22-69)40-15-23-70(24-16-40)28-30-72-26-18-42-32-44(36-66-60(74)52(64)8-4-6-20-62)58-56(50(42)38-72)48-34-46(76-2)10-12-54(48)68-58;6*3-2(4,5)1(6)7/h9-12,17-18,25-26,31-34,37-40,51-52H,3-8,13-16,19-24,27-30,35-36,61-64H2,1-2H3,(H2,65,66,73,74);6*(H,6,7). The molecule has 28 nitrogen and oxygen atoms in total. The molecule has 4 aromatic heterocycles. The molecule has 0 radical (unpaired) electrons. The Balaban J connectivity index is 0.000000568. The van der Waals surface area contributed by atoms with Crippen LogP contribution >= 0.6 is 0 Å². The van der Waals surface area contributed by atoms with Crippen LogP contribution in [0.4, 0.5) is 79.0 Å². The Morgan fingerprint density at radius 2 is 0.763 bits per heavy atom. The molecule has 2 aliphatic rings. The number of ether oxygens (including phenoxy) is 2. The van der Waals surface area contributed by atoms with Gasteiger partial charge >= 0.3 is 60.9 Å². The Morgan fingerprint density at radius 1 is 0.475 bits per heavy atom. The summed E-state index contributed by atoms with van der Waals surface area (Å²) in [5.41, 5.74) is 30.0. The number of nitrogens with two attached hydrogens (primary N) is 4. The molecule has 2 fully saturated rings. The van der Waals surface area contributed by atoms with Gasteiger partial charge in [0.05, 0.1) is 61.2 Å². The number of unbranched alkanes of at least 4 members (excludes halogenated alkanes) is 2. The number of hydrogen-bond acceptors (Lipinski definition) is 18. The summed E-state index contributed by atoms with van der Waals surface area (Å²) in [7, 11) is 3.41. The second kappa shape index (κ2) is 44.1. The maximum absolute atomic E-state index is 13.0. The SMILES string of the molecule is COc1ccc2[nH]c3c(CNC(=O)C(N)CCCCN)cc4cc[n+](CCN5CCC(C6CCN(CC[n+]7ccc8cc(CNC(=O)C(N)CCCCN)c9[nH]c%10ccc(OC)cc%10c9c8c7)CC6)CC5)cc4c3c2c1.O=C(O)C(F)(F)F.O=C(O)C(F)(F)F.O=C(O)C(F)(F)F.O=C(O)C(F)(F)F.O=C([O-])C(F)(F)F.O=C([O-])C(F)(F)F. The largest absolute Gasteiger partial charge is 0.542 e. The van der Waals surface area contributed by atoms with Crippen molar-refractivity contribution in [1.82, 2.24) is 30.4 Å². The van der Waals surface area contributed by atoms with Crippen molar-refractivity contribution in [3.05, 3.63) is 96.6 Å². The number of carboxylic acid groups (broad SMARTS) is 6. The lowest BCUT2D eigenvalue weighted by atomic mass is 9.79. The molecule has 2 aliphatic heterocycles. The van der Waals surface area contributed by atoms with Gasteiger partial charge in [-0.05, 0) is 173 Å². The number of fused-ring (bicyclic) bond motifs is 10. The van der Waals surface area contributed by atoms with Crippen molar-refractivity contribution >= 4 is 113 Å². The van der Waals surface area contributed by atoms with Crippen molar-refractivity contribution < 1.29 is 167 Å². The molecule has 0 bridgehead atoms. The molecule has 0 spiro atoms. The minimum atomic E-state index is -5.19. The predicted octanol–water partition coefficient (Wildman–Crippen LogP) is 7.25. The smallest absolute Gasteiger partial charge is 0.490 e. The first-order valence-electron chi connectivity index (χ1n) is 35.3. The van der Waals surface area contributed by atoms with Crippen molar-refractivity contribution in [2.45, 2.75) is 140 Å². The van der Waals surface area contributed by atoms with Crippen molar-refractivity contribution in [3.8, 4) is 11.5 Å². The summed E-state index contributed by atoms with van der Waals surface area (Å²) in [4.78, 5) is 91.8. The molecule has 2 atom stereocenters. The summed E-state index contributed by atoms with van der Waals surface area (Å²) in [6.07, 6.45) is -12.1. The number of carboxylic acids is 6. The molecule has 654 valence electrons. The number of H-pyrrole nitrogens is 2. The number of halogens is 18. The summed E-state index contributed by atoms with van der Waals surface area (Å²) in [6.45, 7) is 10.4. The van der Waals surface area contributed by atoms with E-state index in [-0.39, 0.29) is 11.8 Å². The van der Waals surface area contributed by atoms with Crippen LogP contribution in [0.3, 0.4) is 0 Å². The third-order valence-electron chi connectivity index (χ3n) is 18.2. The molecule has 118 heavy (non-hydrogen) atoms. The number of piperidine rings is 2. The van der Waals surface area contributed by atoms with E-state index in [9.17, 15) is 88.6 Å². The van der Waals surface area contributed by atoms with Gasteiger partial charge in [-0.3, -0.25) is 19.4 Å². The number of likely N-dealkylation sites (tertiary alicyclic amines) is 2. The second-order valence-corrected chi connectivity index (χ2v) is 26.4. The van der Waals surface area contributed by atoms with Gasteiger partial charge < -0.3 is 93.2 Å². The molecule has 4 aromatic carbocycles. The molecule has 8 aromatic rings. The first-order chi connectivity index (χ1) is 54.8. The number of aliphatic carboxylic acids is 6. The zero-order valence-electron chi connectivity index (χ0n) is 62.5. The lowest BCUT2D eigenvalue weighted by molar-refractivity contribution is -0.695. The summed E-state index contributed by atoms with van der Waals surface area (Å²) < 4.78 is 206. The molecular weight excluding hydrogens is 1630 g/mol. The lowest BCUT2D eigenvalue weighted by Crippen LogP contribution is -2.46. The molecular formula is C72H84F18N12O16. The molecule has 0 saturated carbocycles. The van der Waals surface area contributed by atoms with E-state index >= 15 is 0 Å². The number of alkyl halides is 18. The van der Waals surface area contributed by atoms with Crippen LogP contribution in [-0.4, -0.2) is 204 Å². The van der Waals surface area contributed by atoms with Gasteiger partial charge in [0.2, 0.25) is 11.8 Å². The molecule has 16 N–H and O–H groups in total. The van der Waals surface area contributed by atoms with E-state index < -0.39 is 85.0 Å². The Kier molecular flexibility index (Phi) is 37.2. The molecule has 6 heterocycles. The highest BCUT2D eigenvalue weighted by Gasteiger charge is 2.41. The Hall–Kier alpha value is -10.8. The first kappa shape index (κ1) is 99.5.